The number of allylic oxidation sites excluding steroid dienone is 1. The van der Waals surface area contributed by atoms with Gasteiger partial charge in [-0.05, 0) is 40.0 Å². The number of aromatic amines is 1. The lowest BCUT2D eigenvalue weighted by Gasteiger charge is -2.27. The topological polar surface area (TPSA) is 104 Å². The molecular formula is C27H33N7O2. The van der Waals surface area contributed by atoms with Gasteiger partial charge in [0.2, 0.25) is 11.6 Å². The third kappa shape index (κ3) is 5.42. The van der Waals surface area contributed by atoms with Gasteiger partial charge in [-0.2, -0.15) is 0 Å². The second kappa shape index (κ2) is 11.8. The van der Waals surface area contributed by atoms with Crippen LogP contribution >= 0.6 is 0 Å². The number of tetrazole rings is 1. The fourth-order valence-corrected chi connectivity index (χ4v) is 4.25. The number of ether oxygens (including phenoxy) is 2. The summed E-state index contributed by atoms with van der Waals surface area (Å²) in [4.78, 5) is 4.85. The van der Waals surface area contributed by atoms with E-state index in [-0.39, 0.29) is 0 Å². The SMILES string of the molecule is C=CCCc1nc(C(CCCC)(OC)OC)nn1Cc1ccc(-c2ccccc2-c2nnn[nH]2)cc1. The molecule has 2 aromatic carbocycles. The van der Waals surface area contributed by atoms with Crippen molar-refractivity contribution >= 4 is 0 Å². The van der Waals surface area contributed by atoms with E-state index in [9.17, 15) is 0 Å². The summed E-state index contributed by atoms with van der Waals surface area (Å²) in [6, 6.07) is 16.5. The normalized spacial score (nSPS) is 11.6. The molecular weight excluding hydrogens is 454 g/mol. The van der Waals surface area contributed by atoms with Crippen molar-refractivity contribution in [2.75, 3.05) is 14.2 Å². The maximum atomic E-state index is 5.81. The second-order valence-electron chi connectivity index (χ2n) is 8.59. The number of nitrogens with zero attached hydrogens (tertiary/aromatic N) is 6. The summed E-state index contributed by atoms with van der Waals surface area (Å²) >= 11 is 0. The van der Waals surface area contributed by atoms with Gasteiger partial charge in [0.25, 0.3) is 0 Å². The van der Waals surface area contributed by atoms with E-state index >= 15 is 0 Å². The highest BCUT2D eigenvalue weighted by Crippen LogP contribution is 2.31. The van der Waals surface area contributed by atoms with Crippen molar-refractivity contribution < 1.29 is 9.47 Å². The van der Waals surface area contributed by atoms with Crippen LogP contribution in [0.2, 0.25) is 0 Å². The zero-order valence-corrected chi connectivity index (χ0v) is 21.1. The standard InChI is InChI=1S/C27H33N7O2/c1-5-7-13-24-28-26(27(35-3,36-4)18-8-6-2)31-34(24)19-20-14-16-21(17-15-20)22-11-9-10-12-23(22)25-29-32-33-30-25/h5,9-12,14-17H,1,6-8,13,18-19H2,2-4H3,(H,29,30,32,33). The van der Waals surface area contributed by atoms with Crippen molar-refractivity contribution in [2.24, 2.45) is 0 Å². The van der Waals surface area contributed by atoms with E-state index < -0.39 is 5.79 Å². The quantitative estimate of drug-likeness (QED) is 0.211. The molecule has 4 rings (SSSR count). The Bertz CT molecular complexity index is 1250. The monoisotopic (exact) mass is 487 g/mol. The summed E-state index contributed by atoms with van der Waals surface area (Å²) in [5.74, 6) is 1.13. The highest BCUT2D eigenvalue weighted by atomic mass is 16.7. The summed E-state index contributed by atoms with van der Waals surface area (Å²) in [7, 11) is 3.30. The Balaban J connectivity index is 1.62. The molecule has 0 spiro atoms. The second-order valence-corrected chi connectivity index (χ2v) is 8.59. The van der Waals surface area contributed by atoms with Crippen molar-refractivity contribution in [1.82, 2.24) is 35.4 Å². The third-order valence-electron chi connectivity index (χ3n) is 6.30. The molecule has 9 nitrogen and oxygen atoms in total. The van der Waals surface area contributed by atoms with Crippen molar-refractivity contribution in [2.45, 2.75) is 51.4 Å². The van der Waals surface area contributed by atoms with Crippen LogP contribution in [0.15, 0.2) is 61.2 Å². The molecule has 0 fully saturated rings. The van der Waals surface area contributed by atoms with Gasteiger partial charge >= 0.3 is 0 Å². The summed E-state index contributed by atoms with van der Waals surface area (Å²) < 4.78 is 13.6. The van der Waals surface area contributed by atoms with Crippen LogP contribution in [-0.2, 0) is 28.2 Å². The molecule has 0 radical (unpaired) electrons. The van der Waals surface area contributed by atoms with Gasteiger partial charge in [0.05, 0.1) is 6.54 Å². The largest absolute Gasteiger partial charge is 0.347 e. The maximum absolute atomic E-state index is 5.81. The molecule has 4 aromatic rings. The minimum atomic E-state index is -0.951. The summed E-state index contributed by atoms with van der Waals surface area (Å²) in [6.07, 6.45) is 6.12. The van der Waals surface area contributed by atoms with Gasteiger partial charge in [0.1, 0.15) is 5.82 Å². The number of benzene rings is 2. The minimum absolute atomic E-state index is 0.561. The Morgan fingerprint density at radius 1 is 1.06 bits per heavy atom. The van der Waals surface area contributed by atoms with Crippen LogP contribution in [0.5, 0.6) is 0 Å². The molecule has 1 N–H and O–H groups in total. The lowest BCUT2D eigenvalue weighted by molar-refractivity contribution is -0.226. The number of hydrogen-bond acceptors (Lipinski definition) is 7. The van der Waals surface area contributed by atoms with E-state index in [2.05, 4.69) is 64.5 Å². The van der Waals surface area contributed by atoms with E-state index in [1.54, 1.807) is 14.2 Å². The zero-order chi connectivity index (χ0) is 25.4. The lowest BCUT2D eigenvalue weighted by Crippen LogP contribution is -2.32. The van der Waals surface area contributed by atoms with Gasteiger partial charge < -0.3 is 9.47 Å². The van der Waals surface area contributed by atoms with E-state index in [0.29, 0.717) is 24.6 Å². The first kappa shape index (κ1) is 25.4. The van der Waals surface area contributed by atoms with Gasteiger partial charge in [-0.1, -0.05) is 68.0 Å². The Morgan fingerprint density at radius 2 is 1.81 bits per heavy atom. The van der Waals surface area contributed by atoms with Crippen LogP contribution in [0.25, 0.3) is 22.5 Å². The molecule has 188 valence electrons. The average molecular weight is 488 g/mol. The lowest BCUT2D eigenvalue weighted by atomic mass is 9.98. The number of unbranched alkanes of at least 4 members (excludes halogenated alkanes) is 1. The molecule has 2 heterocycles. The summed E-state index contributed by atoms with van der Waals surface area (Å²) in [6.45, 7) is 6.59. The fourth-order valence-electron chi connectivity index (χ4n) is 4.25. The molecule has 0 saturated heterocycles. The zero-order valence-electron chi connectivity index (χ0n) is 21.1. The van der Waals surface area contributed by atoms with Crippen LogP contribution < -0.4 is 0 Å². The maximum Gasteiger partial charge on any atom is 0.231 e. The fraction of sp³-hybridized carbons (Fsp3) is 0.370. The summed E-state index contributed by atoms with van der Waals surface area (Å²) in [5.41, 5.74) is 4.20. The molecule has 0 aliphatic rings. The molecule has 9 heteroatoms. The number of rotatable bonds is 13. The minimum Gasteiger partial charge on any atom is -0.347 e. The van der Waals surface area contributed by atoms with Crippen molar-refractivity contribution in [3.8, 4) is 22.5 Å². The van der Waals surface area contributed by atoms with Crippen molar-refractivity contribution in [3.05, 3.63) is 78.4 Å². The predicted molar refractivity (Wildman–Crippen MR) is 138 cm³/mol. The number of H-pyrrole nitrogens is 1. The highest BCUT2D eigenvalue weighted by molar-refractivity contribution is 5.80. The Hall–Kier alpha value is -3.69. The highest BCUT2D eigenvalue weighted by Gasteiger charge is 2.37. The molecule has 0 amide bonds. The molecule has 0 aliphatic carbocycles. The Kier molecular flexibility index (Phi) is 8.35. The van der Waals surface area contributed by atoms with Gasteiger partial charge in [0.15, 0.2) is 5.82 Å². The van der Waals surface area contributed by atoms with Crippen LogP contribution in [0, 0.1) is 0 Å². The van der Waals surface area contributed by atoms with Crippen LogP contribution in [0.4, 0.5) is 0 Å². The molecule has 0 atom stereocenters. The van der Waals surface area contributed by atoms with E-state index in [0.717, 1.165) is 53.8 Å². The van der Waals surface area contributed by atoms with Crippen LogP contribution in [0.1, 0.15) is 49.8 Å². The van der Waals surface area contributed by atoms with Crippen molar-refractivity contribution in [1.29, 1.82) is 0 Å². The first-order valence-corrected chi connectivity index (χ1v) is 12.2. The first-order chi connectivity index (χ1) is 17.6. The van der Waals surface area contributed by atoms with Crippen LogP contribution in [0.3, 0.4) is 0 Å². The van der Waals surface area contributed by atoms with Crippen molar-refractivity contribution in [3.63, 3.8) is 0 Å². The Labute approximate surface area is 211 Å². The number of nitrogens with one attached hydrogen (secondary N) is 1. The molecule has 0 unspecified atom stereocenters. The predicted octanol–water partition coefficient (Wildman–Crippen LogP) is 4.93. The number of aryl methyl sites for hydroxylation is 1. The van der Waals surface area contributed by atoms with Gasteiger partial charge in [-0.25, -0.2) is 14.8 Å². The first-order valence-electron chi connectivity index (χ1n) is 12.2. The number of methoxy groups -OCH3 is 2. The summed E-state index contributed by atoms with van der Waals surface area (Å²) in [5, 5.41) is 19.2. The van der Waals surface area contributed by atoms with Gasteiger partial charge in [-0.15, -0.1) is 16.8 Å². The van der Waals surface area contributed by atoms with Gasteiger partial charge in [0, 0.05) is 32.6 Å². The van der Waals surface area contributed by atoms with Crippen LogP contribution in [-0.4, -0.2) is 49.6 Å². The van der Waals surface area contributed by atoms with E-state index in [1.165, 1.54) is 0 Å². The molecule has 0 bridgehead atoms. The third-order valence-corrected chi connectivity index (χ3v) is 6.30. The molecule has 36 heavy (non-hydrogen) atoms. The van der Waals surface area contributed by atoms with E-state index in [4.69, 9.17) is 19.6 Å². The number of hydrogen-bond donors (Lipinski definition) is 1. The molecule has 0 aliphatic heterocycles. The number of aromatic nitrogens is 7. The average Bonchev–Trinajstić information content (AvgIpc) is 3.60. The smallest absolute Gasteiger partial charge is 0.231 e. The Morgan fingerprint density at radius 3 is 2.44 bits per heavy atom. The van der Waals surface area contributed by atoms with Gasteiger partial charge in [-0.3, -0.25) is 0 Å². The van der Waals surface area contributed by atoms with E-state index in [1.807, 2.05) is 29.0 Å². The molecule has 0 saturated carbocycles. The molecule has 2 aromatic heterocycles.